The van der Waals surface area contributed by atoms with Gasteiger partial charge < -0.3 is 10.2 Å². The van der Waals surface area contributed by atoms with Crippen LogP contribution in [0, 0.1) is 11.3 Å². The smallest absolute Gasteiger partial charge is 0.267 e. The maximum absolute atomic E-state index is 12.9. The average molecular weight is 374 g/mol. The van der Waals surface area contributed by atoms with E-state index in [4.69, 9.17) is 0 Å². The third-order valence-electron chi connectivity index (χ3n) is 5.56. The van der Waals surface area contributed by atoms with Crippen molar-refractivity contribution in [2.24, 2.45) is 11.3 Å². The normalized spacial score (nSPS) is 27.2. The number of nitrogens with one attached hydrogen (secondary N) is 1. The quantitative estimate of drug-likeness (QED) is 0.871. The molecule has 8 heteroatoms. The summed E-state index contributed by atoms with van der Waals surface area (Å²) in [6, 6.07) is 4.01. The molecule has 1 N–H and O–H groups in total. The zero-order chi connectivity index (χ0) is 17.0. The molecule has 3 aliphatic rings. The largest absolute Gasteiger partial charge is 0.351 e. The molecule has 130 valence electrons. The van der Waals surface area contributed by atoms with Gasteiger partial charge in [-0.05, 0) is 48.2 Å². The standard InChI is InChI=1S/C17H18N4O2S2/c22-15(14-13(10-3-4-10)19-20-25-14)21-8-11-6-17(11,9-21)16(23)18-7-12-2-1-5-24-12/h1-2,5,10-11H,3-4,6-9H2,(H,18,23). The Balaban J connectivity index is 1.25. The lowest BCUT2D eigenvalue weighted by molar-refractivity contribution is -0.126. The number of hydrogen-bond acceptors (Lipinski definition) is 6. The molecule has 2 unspecified atom stereocenters. The summed E-state index contributed by atoms with van der Waals surface area (Å²) in [5.41, 5.74) is 0.497. The van der Waals surface area contributed by atoms with Gasteiger partial charge in [-0.1, -0.05) is 10.6 Å². The van der Waals surface area contributed by atoms with Gasteiger partial charge in [-0.25, -0.2) is 0 Å². The zero-order valence-corrected chi connectivity index (χ0v) is 15.2. The molecule has 1 saturated heterocycles. The van der Waals surface area contributed by atoms with Gasteiger partial charge in [0, 0.05) is 23.9 Å². The summed E-state index contributed by atoms with van der Waals surface area (Å²) < 4.78 is 3.98. The third kappa shape index (κ3) is 2.58. The fourth-order valence-corrected chi connectivity index (χ4v) is 5.22. The molecule has 25 heavy (non-hydrogen) atoms. The van der Waals surface area contributed by atoms with Crippen molar-refractivity contribution in [3.63, 3.8) is 0 Å². The molecular weight excluding hydrogens is 356 g/mol. The molecule has 1 aliphatic heterocycles. The molecular formula is C17H18N4O2S2. The second-order valence-electron chi connectivity index (χ2n) is 7.27. The van der Waals surface area contributed by atoms with Crippen LogP contribution in [-0.2, 0) is 11.3 Å². The first-order valence-corrected chi connectivity index (χ1v) is 10.2. The minimum Gasteiger partial charge on any atom is -0.351 e. The van der Waals surface area contributed by atoms with E-state index in [0.29, 0.717) is 36.3 Å². The summed E-state index contributed by atoms with van der Waals surface area (Å²) in [4.78, 5) is 29.2. The SMILES string of the molecule is O=C(c1snnc1C1CC1)N1CC2CC2(C(=O)NCc2cccs2)C1. The first-order chi connectivity index (χ1) is 12.2. The molecule has 2 aliphatic carbocycles. The van der Waals surface area contributed by atoms with Crippen molar-refractivity contribution >= 4 is 34.7 Å². The summed E-state index contributed by atoms with van der Waals surface area (Å²) in [6.45, 7) is 1.77. The average Bonchev–Trinajstić information content (AvgIpc) is 3.37. The van der Waals surface area contributed by atoms with Gasteiger partial charge in [-0.3, -0.25) is 9.59 Å². The van der Waals surface area contributed by atoms with Crippen LogP contribution in [0.3, 0.4) is 0 Å². The van der Waals surface area contributed by atoms with Crippen LogP contribution in [0.25, 0.3) is 0 Å². The van der Waals surface area contributed by atoms with E-state index in [2.05, 4.69) is 14.9 Å². The van der Waals surface area contributed by atoms with Crippen molar-refractivity contribution in [3.05, 3.63) is 33.0 Å². The molecule has 0 radical (unpaired) electrons. The molecule has 2 aromatic heterocycles. The number of carbonyl (C=O) groups excluding carboxylic acids is 2. The number of fused-ring (bicyclic) bond motifs is 1. The summed E-state index contributed by atoms with van der Waals surface area (Å²) in [6.07, 6.45) is 3.09. The van der Waals surface area contributed by atoms with Crippen LogP contribution in [0.5, 0.6) is 0 Å². The Morgan fingerprint density at radius 3 is 3.04 bits per heavy atom. The molecule has 3 heterocycles. The Morgan fingerprint density at radius 1 is 1.40 bits per heavy atom. The minimum absolute atomic E-state index is 0.00883. The van der Waals surface area contributed by atoms with Gasteiger partial charge in [0.1, 0.15) is 4.88 Å². The first kappa shape index (κ1) is 15.5. The number of hydrogen-bond donors (Lipinski definition) is 1. The summed E-state index contributed by atoms with van der Waals surface area (Å²) in [7, 11) is 0. The molecule has 2 atom stereocenters. The van der Waals surface area contributed by atoms with Crippen molar-refractivity contribution in [3.8, 4) is 0 Å². The number of piperidine rings is 1. The Morgan fingerprint density at radius 2 is 2.28 bits per heavy atom. The molecule has 3 fully saturated rings. The van der Waals surface area contributed by atoms with Crippen LogP contribution < -0.4 is 5.32 Å². The number of amides is 2. The molecule has 5 rings (SSSR count). The van der Waals surface area contributed by atoms with E-state index in [9.17, 15) is 9.59 Å². The van der Waals surface area contributed by atoms with Crippen LogP contribution in [0.4, 0.5) is 0 Å². The van der Waals surface area contributed by atoms with E-state index in [-0.39, 0.29) is 17.2 Å². The van der Waals surface area contributed by atoms with Gasteiger partial charge in [-0.2, -0.15) is 0 Å². The second-order valence-corrected chi connectivity index (χ2v) is 9.05. The van der Waals surface area contributed by atoms with Crippen LogP contribution in [0.2, 0.25) is 0 Å². The van der Waals surface area contributed by atoms with Crippen LogP contribution in [-0.4, -0.2) is 39.4 Å². The first-order valence-electron chi connectivity index (χ1n) is 8.59. The Bertz CT molecular complexity index is 830. The molecule has 0 spiro atoms. The summed E-state index contributed by atoms with van der Waals surface area (Å²) in [5, 5.41) is 9.22. The van der Waals surface area contributed by atoms with Gasteiger partial charge in [0.05, 0.1) is 17.7 Å². The lowest BCUT2D eigenvalue weighted by Gasteiger charge is -2.20. The van der Waals surface area contributed by atoms with E-state index in [1.165, 1.54) is 11.5 Å². The number of rotatable bonds is 5. The van der Waals surface area contributed by atoms with Gasteiger partial charge >= 0.3 is 0 Å². The second kappa shape index (κ2) is 5.60. The molecule has 0 aromatic carbocycles. The molecule has 2 saturated carbocycles. The van der Waals surface area contributed by atoms with E-state index >= 15 is 0 Å². The molecule has 2 aromatic rings. The summed E-state index contributed by atoms with van der Waals surface area (Å²) >= 11 is 2.84. The van der Waals surface area contributed by atoms with Crippen molar-refractivity contribution in [2.45, 2.75) is 31.7 Å². The Kier molecular flexibility index (Phi) is 3.46. The fraction of sp³-hybridized carbons (Fsp3) is 0.529. The van der Waals surface area contributed by atoms with Gasteiger partial charge in [-0.15, -0.1) is 16.4 Å². The predicted octanol–water partition coefficient (Wildman–Crippen LogP) is 2.26. The van der Waals surface area contributed by atoms with Crippen LogP contribution in [0.15, 0.2) is 17.5 Å². The van der Waals surface area contributed by atoms with Crippen molar-refractivity contribution in [2.75, 3.05) is 13.1 Å². The third-order valence-corrected chi connectivity index (χ3v) is 7.17. The van der Waals surface area contributed by atoms with Gasteiger partial charge in [0.25, 0.3) is 5.91 Å². The highest BCUT2D eigenvalue weighted by atomic mass is 32.1. The maximum Gasteiger partial charge on any atom is 0.267 e. The fourth-order valence-electron chi connectivity index (χ4n) is 3.86. The highest BCUT2D eigenvalue weighted by Crippen LogP contribution is 2.58. The van der Waals surface area contributed by atoms with Crippen molar-refractivity contribution < 1.29 is 9.59 Å². The van der Waals surface area contributed by atoms with E-state index < -0.39 is 0 Å². The number of aromatic nitrogens is 2. The van der Waals surface area contributed by atoms with Crippen molar-refractivity contribution in [1.82, 2.24) is 19.8 Å². The zero-order valence-electron chi connectivity index (χ0n) is 13.6. The molecule has 6 nitrogen and oxygen atoms in total. The lowest BCUT2D eigenvalue weighted by atomic mass is 10.1. The molecule has 0 bridgehead atoms. The Labute approximate surface area is 153 Å². The monoisotopic (exact) mass is 374 g/mol. The highest BCUT2D eigenvalue weighted by molar-refractivity contribution is 7.09. The summed E-state index contributed by atoms with van der Waals surface area (Å²) in [5.74, 6) is 0.809. The van der Waals surface area contributed by atoms with Gasteiger partial charge in [0.15, 0.2) is 0 Å². The maximum atomic E-state index is 12.9. The Hall–Kier alpha value is -1.80. The van der Waals surface area contributed by atoms with Gasteiger partial charge in [0.2, 0.25) is 5.91 Å². The minimum atomic E-state index is -0.370. The topological polar surface area (TPSA) is 75.2 Å². The number of likely N-dealkylation sites (tertiary alicyclic amines) is 1. The predicted molar refractivity (Wildman–Crippen MR) is 94.5 cm³/mol. The number of nitrogens with zero attached hydrogens (tertiary/aromatic N) is 3. The molecule has 2 amide bonds. The van der Waals surface area contributed by atoms with E-state index in [0.717, 1.165) is 29.8 Å². The van der Waals surface area contributed by atoms with E-state index in [1.807, 2.05) is 22.4 Å². The highest BCUT2D eigenvalue weighted by Gasteiger charge is 2.65. The lowest BCUT2D eigenvalue weighted by Crippen LogP contribution is -2.38. The van der Waals surface area contributed by atoms with Crippen LogP contribution >= 0.6 is 22.9 Å². The van der Waals surface area contributed by atoms with E-state index in [1.54, 1.807) is 11.3 Å². The van der Waals surface area contributed by atoms with Crippen molar-refractivity contribution in [1.29, 1.82) is 0 Å². The number of thiophene rings is 1. The number of carbonyl (C=O) groups is 2. The van der Waals surface area contributed by atoms with Crippen LogP contribution in [0.1, 0.15) is 45.4 Å².